The lowest BCUT2D eigenvalue weighted by atomic mass is 10.1. The van der Waals surface area contributed by atoms with E-state index in [1.54, 1.807) is 25.7 Å². The molecule has 1 aromatic carbocycles. The third-order valence-electron chi connectivity index (χ3n) is 5.78. The average Bonchev–Trinajstić information content (AvgIpc) is 2.81. The van der Waals surface area contributed by atoms with Crippen LogP contribution in [0.5, 0.6) is 0 Å². The lowest BCUT2D eigenvalue weighted by Crippen LogP contribution is -2.44. The number of ether oxygens (including phenoxy) is 3. The quantitative estimate of drug-likeness (QED) is 0.594. The maximum absolute atomic E-state index is 13.4. The van der Waals surface area contributed by atoms with Crippen molar-refractivity contribution in [1.29, 1.82) is 0 Å². The maximum atomic E-state index is 13.4. The Balaban J connectivity index is 1.71. The van der Waals surface area contributed by atoms with Gasteiger partial charge >= 0.3 is 5.97 Å². The topological polar surface area (TPSA) is 103 Å². The lowest BCUT2D eigenvalue weighted by Gasteiger charge is -2.29. The summed E-state index contributed by atoms with van der Waals surface area (Å²) in [6.45, 7) is 9.80. The Hall–Kier alpha value is -2.98. The molecule has 2 saturated heterocycles. The van der Waals surface area contributed by atoms with E-state index in [0.717, 1.165) is 18.8 Å². The lowest BCUT2D eigenvalue weighted by molar-refractivity contribution is -0.154. The fraction of sp³-hybridized carbons (Fsp3) is 0.583. The number of rotatable bonds is 5. The monoisotopic (exact) mass is 472 g/mol. The molecule has 3 heterocycles. The molecule has 10 heteroatoms. The van der Waals surface area contributed by atoms with E-state index in [-0.39, 0.29) is 24.4 Å². The van der Waals surface area contributed by atoms with Gasteiger partial charge in [-0.3, -0.25) is 14.4 Å². The van der Waals surface area contributed by atoms with Gasteiger partial charge in [-0.2, -0.15) is 5.10 Å². The summed E-state index contributed by atoms with van der Waals surface area (Å²) in [5.74, 6) is -0.645. The zero-order chi connectivity index (χ0) is 24.3. The SMILES string of the molecule is CC(C)(C)OC(=O)Cc1nn(CC(=O)N2CCOCC2)c(=O)c2cc(N3CCOCC3)ccc12. The molecule has 2 fully saturated rings. The van der Waals surface area contributed by atoms with Gasteiger partial charge in [0.15, 0.2) is 0 Å². The van der Waals surface area contributed by atoms with Gasteiger partial charge in [0.1, 0.15) is 12.1 Å². The molecule has 2 aliphatic heterocycles. The van der Waals surface area contributed by atoms with Crippen molar-refractivity contribution < 1.29 is 23.8 Å². The number of morpholine rings is 2. The van der Waals surface area contributed by atoms with E-state index in [2.05, 4.69) is 10.00 Å². The number of carbonyl (C=O) groups excluding carboxylic acids is 2. The first-order valence-electron chi connectivity index (χ1n) is 11.6. The minimum Gasteiger partial charge on any atom is -0.460 e. The Kier molecular flexibility index (Phi) is 7.18. The number of anilines is 1. The molecule has 1 amide bonds. The Morgan fingerprint density at radius 3 is 2.29 bits per heavy atom. The zero-order valence-electron chi connectivity index (χ0n) is 20.0. The van der Waals surface area contributed by atoms with Crippen LogP contribution in [0, 0.1) is 0 Å². The summed E-state index contributed by atoms with van der Waals surface area (Å²) < 4.78 is 17.4. The number of benzene rings is 1. The first kappa shape index (κ1) is 24.2. The molecule has 0 spiro atoms. The molecule has 0 saturated carbocycles. The summed E-state index contributed by atoms with van der Waals surface area (Å²) in [5.41, 5.74) is 0.303. The van der Waals surface area contributed by atoms with Crippen LogP contribution in [-0.2, 0) is 36.8 Å². The maximum Gasteiger partial charge on any atom is 0.312 e. The summed E-state index contributed by atoms with van der Waals surface area (Å²) in [7, 11) is 0. The third kappa shape index (κ3) is 5.74. The molecule has 1 aromatic heterocycles. The van der Waals surface area contributed by atoms with E-state index < -0.39 is 11.6 Å². The van der Waals surface area contributed by atoms with E-state index in [1.165, 1.54) is 4.68 Å². The van der Waals surface area contributed by atoms with Gasteiger partial charge in [-0.05, 0) is 32.9 Å². The minimum absolute atomic E-state index is 0.101. The molecule has 0 bridgehead atoms. The van der Waals surface area contributed by atoms with E-state index in [0.29, 0.717) is 56.0 Å². The van der Waals surface area contributed by atoms with E-state index in [1.807, 2.05) is 18.2 Å². The number of fused-ring (bicyclic) bond motifs is 1. The van der Waals surface area contributed by atoms with Crippen LogP contribution in [0.15, 0.2) is 23.0 Å². The van der Waals surface area contributed by atoms with Crippen LogP contribution >= 0.6 is 0 Å². The molecule has 0 radical (unpaired) electrons. The van der Waals surface area contributed by atoms with Crippen LogP contribution in [0.1, 0.15) is 26.5 Å². The predicted molar refractivity (Wildman–Crippen MR) is 126 cm³/mol. The standard InChI is InChI=1S/C24H32N4O6/c1-24(2,3)34-22(30)15-20-18-5-4-17(26-6-10-32-11-7-26)14-19(18)23(31)28(25-20)16-21(29)27-8-12-33-13-9-27/h4-5,14H,6-13,15-16H2,1-3H3. The zero-order valence-corrected chi connectivity index (χ0v) is 20.0. The smallest absolute Gasteiger partial charge is 0.312 e. The predicted octanol–water partition coefficient (Wildman–Crippen LogP) is 0.976. The molecule has 10 nitrogen and oxygen atoms in total. The van der Waals surface area contributed by atoms with E-state index in [9.17, 15) is 14.4 Å². The van der Waals surface area contributed by atoms with Gasteiger partial charge in [-0.25, -0.2) is 4.68 Å². The summed E-state index contributed by atoms with van der Waals surface area (Å²) in [6.07, 6.45) is -0.101. The van der Waals surface area contributed by atoms with Crippen molar-refractivity contribution >= 4 is 28.3 Å². The minimum atomic E-state index is -0.642. The summed E-state index contributed by atoms with van der Waals surface area (Å²) >= 11 is 0. The highest BCUT2D eigenvalue weighted by atomic mass is 16.6. The van der Waals surface area contributed by atoms with Crippen LogP contribution in [0.3, 0.4) is 0 Å². The first-order valence-corrected chi connectivity index (χ1v) is 11.6. The molecule has 34 heavy (non-hydrogen) atoms. The van der Waals surface area contributed by atoms with Gasteiger partial charge in [-0.15, -0.1) is 0 Å². The highest BCUT2D eigenvalue weighted by Gasteiger charge is 2.23. The Morgan fingerprint density at radius 1 is 1.00 bits per heavy atom. The van der Waals surface area contributed by atoms with Crippen molar-refractivity contribution in [1.82, 2.24) is 14.7 Å². The normalized spacial score (nSPS) is 17.1. The Morgan fingerprint density at radius 2 is 1.65 bits per heavy atom. The largest absolute Gasteiger partial charge is 0.460 e. The van der Waals surface area contributed by atoms with Crippen molar-refractivity contribution in [2.45, 2.75) is 39.3 Å². The third-order valence-corrected chi connectivity index (χ3v) is 5.78. The Labute approximate surface area is 198 Å². The number of hydrogen-bond donors (Lipinski definition) is 0. The van der Waals surface area contributed by atoms with Crippen molar-refractivity contribution in [3.63, 3.8) is 0 Å². The number of nitrogens with zero attached hydrogens (tertiary/aromatic N) is 4. The number of amides is 1. The van der Waals surface area contributed by atoms with Gasteiger partial charge in [0, 0.05) is 37.3 Å². The fourth-order valence-electron chi connectivity index (χ4n) is 4.16. The van der Waals surface area contributed by atoms with Crippen molar-refractivity contribution in [2.24, 2.45) is 0 Å². The summed E-state index contributed by atoms with van der Waals surface area (Å²) in [6, 6.07) is 5.57. The van der Waals surface area contributed by atoms with Crippen molar-refractivity contribution in [3.05, 3.63) is 34.2 Å². The fourth-order valence-corrected chi connectivity index (χ4v) is 4.16. The number of esters is 1. The van der Waals surface area contributed by atoms with Crippen LogP contribution in [0.4, 0.5) is 5.69 Å². The van der Waals surface area contributed by atoms with E-state index >= 15 is 0 Å². The molecule has 0 atom stereocenters. The van der Waals surface area contributed by atoms with Crippen molar-refractivity contribution in [3.8, 4) is 0 Å². The molecule has 2 aliphatic rings. The van der Waals surface area contributed by atoms with E-state index in [4.69, 9.17) is 14.2 Å². The highest BCUT2D eigenvalue weighted by molar-refractivity contribution is 5.89. The molecule has 2 aromatic rings. The van der Waals surface area contributed by atoms with Gasteiger partial charge in [0.2, 0.25) is 5.91 Å². The second-order valence-electron chi connectivity index (χ2n) is 9.50. The first-order chi connectivity index (χ1) is 16.2. The average molecular weight is 473 g/mol. The van der Waals surface area contributed by atoms with Gasteiger partial charge < -0.3 is 24.0 Å². The highest BCUT2D eigenvalue weighted by Crippen LogP contribution is 2.23. The molecule has 4 rings (SSSR count). The van der Waals surface area contributed by atoms with Crippen LogP contribution in [-0.4, -0.2) is 84.8 Å². The van der Waals surface area contributed by atoms with Crippen LogP contribution < -0.4 is 10.5 Å². The number of aromatic nitrogens is 2. The van der Waals surface area contributed by atoms with Gasteiger partial charge in [-0.1, -0.05) is 6.07 Å². The molecule has 0 aliphatic carbocycles. The second-order valence-corrected chi connectivity index (χ2v) is 9.50. The van der Waals surface area contributed by atoms with Gasteiger partial charge in [0.25, 0.3) is 5.56 Å². The number of carbonyl (C=O) groups is 2. The van der Waals surface area contributed by atoms with Gasteiger partial charge in [0.05, 0.1) is 43.9 Å². The molecular formula is C24H32N4O6. The van der Waals surface area contributed by atoms with Crippen molar-refractivity contribution in [2.75, 3.05) is 57.5 Å². The molecule has 0 N–H and O–H groups in total. The van der Waals surface area contributed by atoms with Crippen LogP contribution in [0.25, 0.3) is 10.8 Å². The van der Waals surface area contributed by atoms with Crippen LogP contribution in [0.2, 0.25) is 0 Å². The molecule has 0 unspecified atom stereocenters. The number of hydrogen-bond acceptors (Lipinski definition) is 8. The molecular weight excluding hydrogens is 440 g/mol. The summed E-state index contributed by atoms with van der Waals surface area (Å²) in [4.78, 5) is 42.7. The molecule has 184 valence electrons. The summed E-state index contributed by atoms with van der Waals surface area (Å²) in [5, 5.41) is 5.45. The Bertz CT molecular complexity index is 1110. The second kappa shape index (κ2) is 10.1.